The van der Waals surface area contributed by atoms with Crippen LogP contribution in [0.3, 0.4) is 0 Å². The van der Waals surface area contributed by atoms with Crippen molar-refractivity contribution in [1.82, 2.24) is 20.5 Å². The molecule has 4 N–H and O–H groups in total. The predicted molar refractivity (Wildman–Crippen MR) is 95.0 cm³/mol. The zero-order valence-corrected chi connectivity index (χ0v) is 14.6. The second-order valence-electron chi connectivity index (χ2n) is 6.82. The quantitative estimate of drug-likeness (QED) is 0.652. The molecular formula is C18H27N5O. The van der Waals surface area contributed by atoms with Crippen LogP contribution >= 0.6 is 0 Å². The molecule has 0 amide bonds. The fourth-order valence-electron chi connectivity index (χ4n) is 3.58. The number of anilines is 1. The minimum Gasteiger partial charge on any atom is -0.393 e. The fourth-order valence-corrected chi connectivity index (χ4v) is 3.58. The fraction of sp³-hybridized carbons (Fsp3) is 0.556. The number of hydrogen-bond donors (Lipinski definition) is 4. The lowest BCUT2D eigenvalue weighted by Crippen LogP contribution is -2.27. The minimum atomic E-state index is -0.289. The second kappa shape index (κ2) is 7.32. The molecular weight excluding hydrogens is 302 g/mol. The first kappa shape index (κ1) is 16.9. The van der Waals surface area contributed by atoms with E-state index in [9.17, 15) is 5.11 Å². The summed E-state index contributed by atoms with van der Waals surface area (Å²) in [5, 5.41) is 24.2. The molecule has 0 radical (unpaired) electrons. The molecule has 24 heavy (non-hydrogen) atoms. The number of aliphatic hydroxyl groups excluding tert-OH is 1. The van der Waals surface area contributed by atoms with Crippen molar-refractivity contribution in [2.24, 2.45) is 5.92 Å². The molecule has 1 aliphatic carbocycles. The highest BCUT2D eigenvalue weighted by Crippen LogP contribution is 2.36. The van der Waals surface area contributed by atoms with Crippen molar-refractivity contribution in [3.63, 3.8) is 0 Å². The van der Waals surface area contributed by atoms with Crippen LogP contribution < -0.4 is 10.6 Å². The molecule has 1 aromatic heterocycles. The van der Waals surface area contributed by atoms with E-state index in [0.29, 0.717) is 0 Å². The van der Waals surface area contributed by atoms with Gasteiger partial charge in [0.05, 0.1) is 6.10 Å². The SMILES string of the molecule is CNc1ccc(C)cc1CNC[C@@H]1C[C@@H](c2n[nH]c(C)n2)C[C@@H]1O. The molecule has 1 fully saturated rings. The largest absolute Gasteiger partial charge is 0.393 e. The summed E-state index contributed by atoms with van der Waals surface area (Å²) >= 11 is 0. The molecule has 0 unspecified atom stereocenters. The van der Waals surface area contributed by atoms with Crippen molar-refractivity contribution in [3.05, 3.63) is 41.0 Å². The molecule has 3 atom stereocenters. The Morgan fingerprint density at radius 1 is 1.29 bits per heavy atom. The van der Waals surface area contributed by atoms with Crippen molar-refractivity contribution in [2.75, 3.05) is 18.9 Å². The predicted octanol–water partition coefficient (Wildman–Crippen LogP) is 2.11. The van der Waals surface area contributed by atoms with Crippen LogP contribution in [-0.4, -0.2) is 40.0 Å². The average Bonchev–Trinajstić information content (AvgIpc) is 3.14. The lowest BCUT2D eigenvalue weighted by Gasteiger charge is -2.16. The van der Waals surface area contributed by atoms with Gasteiger partial charge in [0.2, 0.25) is 0 Å². The van der Waals surface area contributed by atoms with Gasteiger partial charge in [-0.2, -0.15) is 5.10 Å². The van der Waals surface area contributed by atoms with Crippen molar-refractivity contribution >= 4 is 5.69 Å². The summed E-state index contributed by atoms with van der Waals surface area (Å²) in [4.78, 5) is 4.42. The standard InChI is InChI=1S/C18H27N5O/c1-11-4-5-16(19-3)14(6-11)9-20-10-15-7-13(8-17(15)24)18-21-12(2)22-23-18/h4-6,13,15,17,19-20,24H,7-10H2,1-3H3,(H,21,22,23)/t13-,15+,17+/m1/s1. The van der Waals surface area contributed by atoms with Crippen LogP contribution in [-0.2, 0) is 6.54 Å². The minimum absolute atomic E-state index is 0.247. The lowest BCUT2D eigenvalue weighted by atomic mass is 10.0. The van der Waals surface area contributed by atoms with Crippen LogP contribution in [0.25, 0.3) is 0 Å². The maximum Gasteiger partial charge on any atom is 0.153 e. The number of benzene rings is 1. The summed E-state index contributed by atoms with van der Waals surface area (Å²) in [6.07, 6.45) is 1.39. The Kier molecular flexibility index (Phi) is 5.16. The Labute approximate surface area is 143 Å². The van der Waals surface area contributed by atoms with Crippen LogP contribution in [0.1, 0.15) is 41.5 Å². The van der Waals surface area contributed by atoms with Gasteiger partial charge in [0.15, 0.2) is 5.82 Å². The molecule has 0 spiro atoms. The van der Waals surface area contributed by atoms with Gasteiger partial charge >= 0.3 is 0 Å². The van der Waals surface area contributed by atoms with Crippen molar-refractivity contribution < 1.29 is 5.11 Å². The lowest BCUT2D eigenvalue weighted by molar-refractivity contribution is 0.131. The maximum absolute atomic E-state index is 10.4. The van der Waals surface area contributed by atoms with Gasteiger partial charge in [-0.1, -0.05) is 17.7 Å². The Morgan fingerprint density at radius 2 is 2.12 bits per heavy atom. The van der Waals surface area contributed by atoms with Gasteiger partial charge in [0.25, 0.3) is 0 Å². The van der Waals surface area contributed by atoms with E-state index in [1.54, 1.807) is 0 Å². The van der Waals surface area contributed by atoms with E-state index in [1.165, 1.54) is 11.1 Å². The molecule has 1 aromatic carbocycles. The molecule has 0 aliphatic heterocycles. The van der Waals surface area contributed by atoms with E-state index in [-0.39, 0.29) is 17.9 Å². The third kappa shape index (κ3) is 3.76. The molecule has 6 heteroatoms. The van der Waals surface area contributed by atoms with Crippen LogP contribution in [0.15, 0.2) is 18.2 Å². The summed E-state index contributed by atoms with van der Waals surface area (Å²) in [6, 6.07) is 6.42. The highest BCUT2D eigenvalue weighted by molar-refractivity contribution is 5.52. The van der Waals surface area contributed by atoms with E-state index in [0.717, 1.165) is 43.3 Å². The van der Waals surface area contributed by atoms with E-state index >= 15 is 0 Å². The smallest absolute Gasteiger partial charge is 0.153 e. The zero-order valence-electron chi connectivity index (χ0n) is 14.6. The van der Waals surface area contributed by atoms with Gasteiger partial charge in [-0.15, -0.1) is 0 Å². The second-order valence-corrected chi connectivity index (χ2v) is 6.82. The average molecular weight is 329 g/mol. The van der Waals surface area contributed by atoms with Crippen molar-refractivity contribution in [2.45, 2.75) is 45.3 Å². The number of aliphatic hydroxyl groups is 1. The van der Waals surface area contributed by atoms with Crippen molar-refractivity contribution in [3.8, 4) is 0 Å². The molecule has 1 aliphatic rings. The molecule has 0 saturated heterocycles. The molecule has 1 saturated carbocycles. The maximum atomic E-state index is 10.4. The Hall–Kier alpha value is -1.92. The number of aromatic nitrogens is 3. The van der Waals surface area contributed by atoms with Gasteiger partial charge in [0.1, 0.15) is 5.82 Å². The summed E-state index contributed by atoms with van der Waals surface area (Å²) in [5.41, 5.74) is 3.66. The Morgan fingerprint density at radius 3 is 2.83 bits per heavy atom. The third-order valence-corrected chi connectivity index (χ3v) is 4.89. The van der Waals surface area contributed by atoms with Crippen LogP contribution in [0.4, 0.5) is 5.69 Å². The van der Waals surface area contributed by atoms with Gasteiger partial charge in [-0.05, 0) is 44.2 Å². The Balaban J connectivity index is 1.54. The molecule has 130 valence electrons. The van der Waals surface area contributed by atoms with E-state index in [4.69, 9.17) is 0 Å². The molecule has 0 bridgehead atoms. The number of hydrogen-bond acceptors (Lipinski definition) is 5. The van der Waals surface area contributed by atoms with Gasteiger partial charge in [0, 0.05) is 31.7 Å². The van der Waals surface area contributed by atoms with E-state index in [1.807, 2.05) is 14.0 Å². The summed E-state index contributed by atoms with van der Waals surface area (Å²) in [6.45, 7) is 5.61. The monoisotopic (exact) mass is 329 g/mol. The van der Waals surface area contributed by atoms with E-state index < -0.39 is 0 Å². The summed E-state index contributed by atoms with van der Waals surface area (Å²) in [7, 11) is 1.94. The number of aryl methyl sites for hydroxylation is 2. The first-order valence-electron chi connectivity index (χ1n) is 8.61. The van der Waals surface area contributed by atoms with Crippen molar-refractivity contribution in [1.29, 1.82) is 0 Å². The van der Waals surface area contributed by atoms with Crippen LogP contribution in [0.2, 0.25) is 0 Å². The highest BCUT2D eigenvalue weighted by atomic mass is 16.3. The number of nitrogens with one attached hydrogen (secondary N) is 3. The van der Waals surface area contributed by atoms with E-state index in [2.05, 4.69) is 50.9 Å². The molecule has 6 nitrogen and oxygen atoms in total. The first-order chi connectivity index (χ1) is 11.6. The first-order valence-corrected chi connectivity index (χ1v) is 8.61. The number of aromatic amines is 1. The van der Waals surface area contributed by atoms with Gasteiger partial charge < -0.3 is 15.7 Å². The molecule has 1 heterocycles. The number of rotatable bonds is 6. The van der Waals surface area contributed by atoms with Gasteiger partial charge in [-0.3, -0.25) is 5.10 Å². The van der Waals surface area contributed by atoms with Crippen LogP contribution in [0.5, 0.6) is 0 Å². The third-order valence-electron chi connectivity index (χ3n) is 4.89. The Bertz CT molecular complexity index is 684. The van der Waals surface area contributed by atoms with Gasteiger partial charge in [-0.25, -0.2) is 4.98 Å². The highest BCUT2D eigenvalue weighted by Gasteiger charge is 2.35. The molecule has 3 rings (SSSR count). The summed E-state index contributed by atoms with van der Waals surface area (Å²) < 4.78 is 0. The van der Waals surface area contributed by atoms with Crippen LogP contribution in [0, 0.1) is 19.8 Å². The zero-order chi connectivity index (χ0) is 17.1. The summed E-state index contributed by atoms with van der Waals surface area (Å²) in [5.74, 6) is 2.17. The molecule has 2 aromatic rings. The normalized spacial score (nSPS) is 23.6. The topological polar surface area (TPSA) is 85.9 Å². The number of nitrogens with zero attached hydrogens (tertiary/aromatic N) is 2. The number of H-pyrrole nitrogens is 1.